The second kappa shape index (κ2) is 4.41. The van der Waals surface area contributed by atoms with E-state index < -0.39 is 16.8 Å². The molecule has 5 heteroatoms. The molecular weight excluding hydrogens is 204 g/mol. The highest BCUT2D eigenvalue weighted by molar-refractivity contribution is 7.89. The molecule has 78 valence electrons. The summed E-state index contributed by atoms with van der Waals surface area (Å²) in [6.07, 6.45) is 1.44. The highest BCUT2D eigenvalue weighted by atomic mass is 32.2. The summed E-state index contributed by atoms with van der Waals surface area (Å²) >= 11 is 0. The normalized spacial score (nSPS) is 21.9. The maximum absolute atomic E-state index is 11.3. The van der Waals surface area contributed by atoms with Crippen LogP contribution in [0.4, 0.5) is 0 Å². The van der Waals surface area contributed by atoms with Gasteiger partial charge in [-0.05, 0) is 13.8 Å². The molecule has 1 aliphatic rings. The molecule has 14 heavy (non-hydrogen) atoms. The van der Waals surface area contributed by atoms with Crippen molar-refractivity contribution in [2.75, 3.05) is 12.4 Å². The van der Waals surface area contributed by atoms with Crippen LogP contribution in [-0.4, -0.2) is 27.6 Å². The van der Waals surface area contributed by atoms with Gasteiger partial charge in [0.2, 0.25) is 0 Å². The van der Waals surface area contributed by atoms with Gasteiger partial charge in [-0.1, -0.05) is 6.08 Å². The van der Waals surface area contributed by atoms with Gasteiger partial charge in [0.05, 0.1) is 27.9 Å². The van der Waals surface area contributed by atoms with Crippen LogP contribution in [-0.2, 0) is 20.3 Å². The fourth-order valence-corrected chi connectivity index (χ4v) is 1.96. The molecule has 1 aliphatic heterocycles. The van der Waals surface area contributed by atoms with E-state index in [0.29, 0.717) is 4.91 Å². The maximum atomic E-state index is 11.3. The summed E-state index contributed by atoms with van der Waals surface area (Å²) in [5.41, 5.74) is 0.115. The minimum absolute atomic E-state index is 0.115. The molecule has 1 heterocycles. The van der Waals surface area contributed by atoms with Gasteiger partial charge in [-0.2, -0.15) is 0 Å². The molecule has 0 aromatic rings. The van der Waals surface area contributed by atoms with Crippen LogP contribution in [0, 0.1) is 0 Å². The highest BCUT2D eigenvalue weighted by Gasteiger charge is 2.23. The predicted molar refractivity (Wildman–Crippen MR) is 53.1 cm³/mol. The molecule has 0 aromatic carbocycles. The quantitative estimate of drug-likeness (QED) is 0.700. The molecular formula is C9H12O4S. The number of carbonyl (C=O) groups excluding carboxylic acids is 1. The standard InChI is InChI=1S/C9H12O4S/c1-3-13-9(11)7-4-5-14(12)6(2)8(7)10/h4,10H,3,5H2,1-2H3/t14-/m1/s1. The molecule has 1 rings (SSSR count). The molecule has 0 amide bonds. The van der Waals surface area contributed by atoms with Crippen molar-refractivity contribution in [2.45, 2.75) is 13.8 Å². The first-order valence-electron chi connectivity index (χ1n) is 4.23. The lowest BCUT2D eigenvalue weighted by molar-refractivity contribution is -0.138. The van der Waals surface area contributed by atoms with Gasteiger partial charge in [-0.25, -0.2) is 4.79 Å². The zero-order valence-electron chi connectivity index (χ0n) is 8.07. The minimum atomic E-state index is -1.21. The SMILES string of the molecule is CCOC(=O)C1=CC[S@@](=O)C(C)=C1O. The Morgan fingerprint density at radius 2 is 2.36 bits per heavy atom. The minimum Gasteiger partial charge on any atom is -0.506 e. The van der Waals surface area contributed by atoms with E-state index in [9.17, 15) is 14.1 Å². The van der Waals surface area contributed by atoms with Crippen molar-refractivity contribution in [3.05, 3.63) is 22.3 Å². The fraction of sp³-hybridized carbons (Fsp3) is 0.444. The molecule has 0 saturated carbocycles. The molecule has 0 aliphatic carbocycles. The lowest BCUT2D eigenvalue weighted by Crippen LogP contribution is -2.16. The molecule has 4 nitrogen and oxygen atoms in total. The topological polar surface area (TPSA) is 63.6 Å². The highest BCUT2D eigenvalue weighted by Crippen LogP contribution is 2.21. The molecule has 0 aromatic heterocycles. The monoisotopic (exact) mass is 216 g/mol. The van der Waals surface area contributed by atoms with E-state index in [1.165, 1.54) is 13.0 Å². The number of rotatable bonds is 2. The third-order valence-corrected chi connectivity index (χ3v) is 3.21. The Bertz CT molecular complexity index is 341. The van der Waals surface area contributed by atoms with E-state index in [1.54, 1.807) is 6.92 Å². The molecule has 0 spiro atoms. The van der Waals surface area contributed by atoms with E-state index >= 15 is 0 Å². The molecule has 0 saturated heterocycles. The van der Waals surface area contributed by atoms with Crippen molar-refractivity contribution < 1.29 is 18.8 Å². The van der Waals surface area contributed by atoms with Crippen molar-refractivity contribution in [3.8, 4) is 0 Å². The van der Waals surface area contributed by atoms with Crippen molar-refractivity contribution in [3.63, 3.8) is 0 Å². The second-order valence-corrected chi connectivity index (χ2v) is 4.39. The number of hydrogen-bond donors (Lipinski definition) is 1. The maximum Gasteiger partial charge on any atom is 0.341 e. The van der Waals surface area contributed by atoms with Crippen LogP contribution < -0.4 is 0 Å². The number of esters is 1. The van der Waals surface area contributed by atoms with Crippen LogP contribution in [0.1, 0.15) is 13.8 Å². The molecule has 0 unspecified atom stereocenters. The van der Waals surface area contributed by atoms with E-state index in [2.05, 4.69) is 0 Å². The van der Waals surface area contributed by atoms with Gasteiger partial charge in [0.25, 0.3) is 0 Å². The average molecular weight is 216 g/mol. The predicted octanol–water partition coefficient (Wildman–Crippen LogP) is 1.03. The number of hydrogen-bond acceptors (Lipinski definition) is 4. The average Bonchev–Trinajstić information content (AvgIpc) is 2.15. The van der Waals surface area contributed by atoms with Crippen LogP contribution >= 0.6 is 0 Å². The molecule has 0 radical (unpaired) electrons. The summed E-state index contributed by atoms with van der Waals surface area (Å²) in [7, 11) is -1.21. The van der Waals surface area contributed by atoms with Crippen LogP contribution in [0.25, 0.3) is 0 Å². The lowest BCUT2D eigenvalue weighted by atomic mass is 10.2. The van der Waals surface area contributed by atoms with Crippen LogP contribution in [0.15, 0.2) is 22.3 Å². The Morgan fingerprint density at radius 3 is 2.93 bits per heavy atom. The van der Waals surface area contributed by atoms with Crippen molar-refractivity contribution >= 4 is 16.8 Å². The zero-order valence-corrected chi connectivity index (χ0v) is 8.89. The lowest BCUT2D eigenvalue weighted by Gasteiger charge is -2.13. The van der Waals surface area contributed by atoms with Gasteiger partial charge in [-0.15, -0.1) is 0 Å². The number of aliphatic hydroxyl groups excluding tert-OH is 1. The molecule has 1 N–H and O–H groups in total. The summed E-state index contributed by atoms with van der Waals surface area (Å²) in [6, 6.07) is 0. The van der Waals surface area contributed by atoms with Gasteiger partial charge in [-0.3, -0.25) is 4.21 Å². The van der Waals surface area contributed by atoms with Crippen LogP contribution in [0.3, 0.4) is 0 Å². The summed E-state index contributed by atoms with van der Waals surface area (Å²) in [5.74, 6) is -0.529. The summed E-state index contributed by atoms with van der Waals surface area (Å²) in [5, 5.41) is 9.52. The van der Waals surface area contributed by atoms with E-state index in [-0.39, 0.29) is 23.7 Å². The number of aliphatic hydroxyl groups is 1. The van der Waals surface area contributed by atoms with Crippen molar-refractivity contribution in [1.82, 2.24) is 0 Å². The Kier molecular flexibility index (Phi) is 3.46. The first-order chi connectivity index (χ1) is 6.57. The van der Waals surface area contributed by atoms with Gasteiger partial charge in [0, 0.05) is 5.75 Å². The van der Waals surface area contributed by atoms with E-state index in [0.717, 1.165) is 0 Å². The third kappa shape index (κ3) is 2.04. The Hall–Kier alpha value is -1.10. The Balaban J connectivity index is 2.93. The Labute approximate surface area is 84.7 Å². The van der Waals surface area contributed by atoms with E-state index in [4.69, 9.17) is 4.74 Å². The number of carbonyl (C=O) groups is 1. The first-order valence-corrected chi connectivity index (χ1v) is 5.55. The Morgan fingerprint density at radius 1 is 1.71 bits per heavy atom. The summed E-state index contributed by atoms with van der Waals surface area (Å²) in [4.78, 5) is 11.6. The molecule has 0 bridgehead atoms. The van der Waals surface area contributed by atoms with Gasteiger partial charge in [0.1, 0.15) is 5.76 Å². The molecule has 0 fully saturated rings. The second-order valence-electron chi connectivity index (χ2n) is 2.76. The first kappa shape index (κ1) is 11.0. The van der Waals surface area contributed by atoms with E-state index in [1.807, 2.05) is 0 Å². The number of allylic oxidation sites excluding steroid dienone is 1. The third-order valence-electron chi connectivity index (χ3n) is 1.86. The van der Waals surface area contributed by atoms with Gasteiger partial charge < -0.3 is 9.84 Å². The van der Waals surface area contributed by atoms with Crippen molar-refractivity contribution in [2.24, 2.45) is 0 Å². The van der Waals surface area contributed by atoms with Crippen LogP contribution in [0.5, 0.6) is 0 Å². The summed E-state index contributed by atoms with van der Waals surface area (Å²) < 4.78 is 16.0. The fourth-order valence-electron chi connectivity index (χ4n) is 1.07. The smallest absolute Gasteiger partial charge is 0.341 e. The van der Waals surface area contributed by atoms with Gasteiger partial charge in [0.15, 0.2) is 0 Å². The van der Waals surface area contributed by atoms with Gasteiger partial charge >= 0.3 is 5.97 Å². The largest absolute Gasteiger partial charge is 0.506 e. The van der Waals surface area contributed by atoms with Crippen LogP contribution in [0.2, 0.25) is 0 Å². The number of ether oxygens (including phenoxy) is 1. The zero-order chi connectivity index (χ0) is 10.7. The van der Waals surface area contributed by atoms with Crippen molar-refractivity contribution in [1.29, 1.82) is 0 Å². The summed E-state index contributed by atoms with van der Waals surface area (Å²) in [6.45, 7) is 3.48. The molecule has 1 atom stereocenters.